The molecule has 0 spiro atoms. The fourth-order valence-corrected chi connectivity index (χ4v) is 1.43. The summed E-state index contributed by atoms with van der Waals surface area (Å²) in [6, 6.07) is 5.28. The van der Waals surface area contributed by atoms with E-state index in [1.807, 2.05) is 19.1 Å². The molecule has 2 N–H and O–H groups in total. The third-order valence-electron chi connectivity index (χ3n) is 2.38. The maximum absolute atomic E-state index is 9.74. The summed E-state index contributed by atoms with van der Waals surface area (Å²) in [5, 5.41) is 12.9. The van der Waals surface area contributed by atoms with Crippen molar-refractivity contribution in [2.45, 2.75) is 13.5 Å². The smallest absolute Gasteiger partial charge is 0.123 e. The number of rotatable bonds is 8. The Hall–Kier alpha value is -1.52. The molecule has 18 heavy (non-hydrogen) atoms. The summed E-state index contributed by atoms with van der Waals surface area (Å²) < 4.78 is 10.4. The minimum absolute atomic E-state index is 0.240. The van der Waals surface area contributed by atoms with E-state index in [1.54, 1.807) is 13.2 Å². The van der Waals surface area contributed by atoms with E-state index in [1.165, 1.54) is 0 Å². The first-order valence-corrected chi connectivity index (χ1v) is 5.92. The average molecular weight is 251 g/mol. The van der Waals surface area contributed by atoms with E-state index in [4.69, 9.17) is 9.47 Å². The number of nitrogens with one attached hydrogen (secondary N) is 1. The fourth-order valence-electron chi connectivity index (χ4n) is 1.43. The first kappa shape index (κ1) is 14.5. The van der Waals surface area contributed by atoms with Gasteiger partial charge in [0.05, 0.1) is 20.3 Å². The number of phenols is 1. The maximum atomic E-state index is 9.74. The van der Waals surface area contributed by atoms with Crippen LogP contribution in [0.1, 0.15) is 12.5 Å². The molecule has 1 aromatic rings. The summed E-state index contributed by atoms with van der Waals surface area (Å²) in [6.07, 6.45) is 0. The quantitative estimate of drug-likeness (QED) is 0.548. The highest BCUT2D eigenvalue weighted by atomic mass is 16.5. The van der Waals surface area contributed by atoms with Crippen LogP contribution in [0.15, 0.2) is 30.4 Å². The molecule has 0 amide bonds. The Morgan fingerprint density at radius 2 is 2.22 bits per heavy atom. The molecule has 0 saturated heterocycles. The second-order valence-corrected chi connectivity index (χ2v) is 4.18. The van der Waals surface area contributed by atoms with Crippen molar-refractivity contribution in [2.75, 3.05) is 26.9 Å². The molecule has 0 atom stereocenters. The molecule has 0 unspecified atom stereocenters. The third-order valence-corrected chi connectivity index (χ3v) is 2.38. The first-order valence-electron chi connectivity index (χ1n) is 5.92. The zero-order valence-corrected chi connectivity index (χ0v) is 11.0. The van der Waals surface area contributed by atoms with Crippen LogP contribution in [0.5, 0.6) is 11.5 Å². The van der Waals surface area contributed by atoms with Gasteiger partial charge in [0, 0.05) is 24.7 Å². The molecule has 0 radical (unpaired) electrons. The van der Waals surface area contributed by atoms with Gasteiger partial charge in [-0.05, 0) is 13.0 Å². The van der Waals surface area contributed by atoms with E-state index < -0.39 is 0 Å². The van der Waals surface area contributed by atoms with Gasteiger partial charge in [-0.3, -0.25) is 0 Å². The molecule has 0 saturated carbocycles. The van der Waals surface area contributed by atoms with Gasteiger partial charge in [-0.1, -0.05) is 18.2 Å². The highest BCUT2D eigenvalue weighted by molar-refractivity contribution is 5.39. The Morgan fingerprint density at radius 1 is 1.44 bits per heavy atom. The lowest BCUT2D eigenvalue weighted by Crippen LogP contribution is -2.19. The fraction of sp³-hybridized carbons (Fsp3) is 0.429. The molecule has 4 heteroatoms. The molecule has 1 rings (SSSR count). The molecule has 0 heterocycles. The Morgan fingerprint density at radius 3 is 2.83 bits per heavy atom. The van der Waals surface area contributed by atoms with Crippen molar-refractivity contribution < 1.29 is 14.6 Å². The highest BCUT2D eigenvalue weighted by Gasteiger charge is 2.02. The van der Waals surface area contributed by atoms with E-state index in [0.29, 0.717) is 25.5 Å². The van der Waals surface area contributed by atoms with Gasteiger partial charge < -0.3 is 19.9 Å². The van der Waals surface area contributed by atoms with Crippen LogP contribution >= 0.6 is 0 Å². The van der Waals surface area contributed by atoms with Crippen molar-refractivity contribution in [3.63, 3.8) is 0 Å². The first-order chi connectivity index (χ1) is 8.63. The summed E-state index contributed by atoms with van der Waals surface area (Å²) in [5.74, 6) is 0.894. The summed E-state index contributed by atoms with van der Waals surface area (Å²) in [5.41, 5.74) is 1.86. The molecule has 0 aliphatic carbocycles. The van der Waals surface area contributed by atoms with E-state index in [9.17, 15) is 5.11 Å². The predicted molar refractivity (Wildman–Crippen MR) is 72.0 cm³/mol. The summed E-state index contributed by atoms with van der Waals surface area (Å²) in [6.45, 7) is 8.25. The summed E-state index contributed by atoms with van der Waals surface area (Å²) in [4.78, 5) is 0. The summed E-state index contributed by atoms with van der Waals surface area (Å²) in [7, 11) is 1.58. The van der Waals surface area contributed by atoms with E-state index >= 15 is 0 Å². The van der Waals surface area contributed by atoms with Crippen molar-refractivity contribution in [1.82, 2.24) is 5.32 Å². The van der Waals surface area contributed by atoms with Gasteiger partial charge in [0.1, 0.15) is 11.5 Å². The number of hydrogen-bond donors (Lipinski definition) is 2. The number of phenolic OH excluding ortho intramolecular Hbond substituents is 1. The highest BCUT2D eigenvalue weighted by Crippen LogP contribution is 2.22. The number of methoxy groups -OCH3 is 1. The number of benzene rings is 1. The summed E-state index contributed by atoms with van der Waals surface area (Å²) >= 11 is 0. The van der Waals surface area contributed by atoms with Gasteiger partial charge in [-0.2, -0.15) is 0 Å². The Balaban J connectivity index is 2.25. The standard InChI is InChI=1S/C14H21NO3/c1-11(2)10-18-7-6-15-9-12-4-5-13(17-3)8-14(12)16/h4-5,8,15-16H,1,6-7,9-10H2,2-3H3. The van der Waals surface area contributed by atoms with E-state index in [2.05, 4.69) is 11.9 Å². The van der Waals surface area contributed by atoms with Crippen molar-refractivity contribution in [1.29, 1.82) is 0 Å². The third kappa shape index (κ3) is 5.21. The topological polar surface area (TPSA) is 50.7 Å². The van der Waals surface area contributed by atoms with Gasteiger partial charge in [-0.25, -0.2) is 0 Å². The van der Waals surface area contributed by atoms with Gasteiger partial charge >= 0.3 is 0 Å². The van der Waals surface area contributed by atoms with Crippen LogP contribution in [0.25, 0.3) is 0 Å². The lowest BCUT2D eigenvalue weighted by molar-refractivity contribution is 0.157. The predicted octanol–water partition coefficient (Wildman–Crippen LogP) is 2.08. The lowest BCUT2D eigenvalue weighted by atomic mass is 10.2. The van der Waals surface area contributed by atoms with Gasteiger partial charge in [0.2, 0.25) is 0 Å². The van der Waals surface area contributed by atoms with Crippen LogP contribution in [-0.2, 0) is 11.3 Å². The zero-order valence-electron chi connectivity index (χ0n) is 11.0. The normalized spacial score (nSPS) is 10.3. The SMILES string of the molecule is C=C(C)COCCNCc1ccc(OC)cc1O. The van der Waals surface area contributed by atoms with Crippen molar-refractivity contribution in [2.24, 2.45) is 0 Å². The van der Waals surface area contributed by atoms with Crippen LogP contribution in [0.2, 0.25) is 0 Å². The zero-order chi connectivity index (χ0) is 13.4. The van der Waals surface area contributed by atoms with Crippen molar-refractivity contribution >= 4 is 0 Å². The molecule has 0 aliphatic rings. The number of aromatic hydroxyl groups is 1. The Labute approximate surface area is 108 Å². The molecule has 4 nitrogen and oxygen atoms in total. The molecule has 100 valence electrons. The monoisotopic (exact) mass is 251 g/mol. The average Bonchev–Trinajstić information content (AvgIpc) is 2.34. The van der Waals surface area contributed by atoms with Gasteiger partial charge in [-0.15, -0.1) is 0 Å². The second-order valence-electron chi connectivity index (χ2n) is 4.18. The van der Waals surface area contributed by atoms with Gasteiger partial charge in [0.25, 0.3) is 0 Å². The van der Waals surface area contributed by atoms with E-state index in [0.717, 1.165) is 17.7 Å². The van der Waals surface area contributed by atoms with E-state index in [-0.39, 0.29) is 5.75 Å². The molecule has 0 aliphatic heterocycles. The van der Waals surface area contributed by atoms with Crippen LogP contribution in [0, 0.1) is 0 Å². The van der Waals surface area contributed by atoms with Crippen LogP contribution in [-0.4, -0.2) is 32.0 Å². The molecular weight excluding hydrogens is 230 g/mol. The molecule has 0 bridgehead atoms. The Kier molecular flexibility index (Phi) is 6.25. The van der Waals surface area contributed by atoms with Crippen molar-refractivity contribution in [3.05, 3.63) is 35.9 Å². The molecular formula is C14H21NO3. The second kappa shape index (κ2) is 7.74. The largest absolute Gasteiger partial charge is 0.507 e. The lowest BCUT2D eigenvalue weighted by Gasteiger charge is -2.09. The number of hydrogen-bond acceptors (Lipinski definition) is 4. The van der Waals surface area contributed by atoms with Crippen LogP contribution < -0.4 is 10.1 Å². The van der Waals surface area contributed by atoms with Crippen LogP contribution in [0.4, 0.5) is 0 Å². The molecule has 0 aromatic heterocycles. The molecule has 0 fully saturated rings. The minimum Gasteiger partial charge on any atom is -0.507 e. The number of ether oxygens (including phenoxy) is 2. The van der Waals surface area contributed by atoms with Gasteiger partial charge in [0.15, 0.2) is 0 Å². The van der Waals surface area contributed by atoms with Crippen molar-refractivity contribution in [3.8, 4) is 11.5 Å². The Bertz CT molecular complexity index is 391. The van der Waals surface area contributed by atoms with Crippen LogP contribution in [0.3, 0.4) is 0 Å². The maximum Gasteiger partial charge on any atom is 0.123 e. The molecule has 1 aromatic carbocycles. The minimum atomic E-state index is 0.240.